The zero-order valence-corrected chi connectivity index (χ0v) is 8.76. The first kappa shape index (κ1) is 9.13. The van der Waals surface area contributed by atoms with Gasteiger partial charge in [0.15, 0.2) is 0 Å². The van der Waals surface area contributed by atoms with Crippen LogP contribution in [0.1, 0.15) is 25.7 Å². The predicted octanol–water partition coefficient (Wildman–Crippen LogP) is 0.197. The number of rotatable bonds is 2. The van der Waals surface area contributed by atoms with Gasteiger partial charge in [0.1, 0.15) is 0 Å². The standard InChI is InChI=1S/C11H20N2O/c14-11(4-5-12-6-11)9-13-7-10(8-13)2-1-3-10/h12,14H,1-9H2. The highest BCUT2D eigenvalue weighted by atomic mass is 16.3. The van der Waals surface area contributed by atoms with Gasteiger partial charge in [-0.05, 0) is 31.2 Å². The molecule has 3 rings (SSSR count). The highest BCUT2D eigenvalue weighted by Crippen LogP contribution is 2.48. The maximum Gasteiger partial charge on any atom is 0.0909 e. The normalized spacial score (nSPS) is 40.9. The third-order valence-electron chi connectivity index (χ3n) is 4.27. The minimum Gasteiger partial charge on any atom is -0.387 e. The van der Waals surface area contributed by atoms with Crippen LogP contribution in [-0.2, 0) is 0 Å². The molecule has 2 N–H and O–H groups in total. The zero-order chi connectivity index (χ0) is 9.65. The largest absolute Gasteiger partial charge is 0.387 e. The summed E-state index contributed by atoms with van der Waals surface area (Å²) in [6.45, 7) is 5.15. The third-order valence-corrected chi connectivity index (χ3v) is 4.27. The Morgan fingerprint density at radius 2 is 2.00 bits per heavy atom. The molecule has 0 aromatic carbocycles. The number of likely N-dealkylation sites (tertiary alicyclic amines) is 1. The summed E-state index contributed by atoms with van der Waals surface area (Å²) in [5.41, 5.74) is 0.272. The van der Waals surface area contributed by atoms with Crippen molar-refractivity contribution in [1.29, 1.82) is 0 Å². The SMILES string of the molecule is OC1(CN2CC3(CCC3)C2)CCNC1. The molecule has 2 aliphatic heterocycles. The fourth-order valence-corrected chi connectivity index (χ4v) is 3.29. The van der Waals surface area contributed by atoms with E-state index in [-0.39, 0.29) is 0 Å². The van der Waals surface area contributed by atoms with Crippen molar-refractivity contribution in [3.8, 4) is 0 Å². The monoisotopic (exact) mass is 196 g/mol. The van der Waals surface area contributed by atoms with E-state index < -0.39 is 5.60 Å². The summed E-state index contributed by atoms with van der Waals surface area (Å²) in [4.78, 5) is 2.44. The Hall–Kier alpha value is -0.120. The molecule has 2 heterocycles. The second kappa shape index (κ2) is 2.94. The molecule has 0 aromatic heterocycles. The van der Waals surface area contributed by atoms with Crippen LogP contribution in [0.15, 0.2) is 0 Å². The second-order valence-corrected chi connectivity index (χ2v) is 5.65. The highest BCUT2D eigenvalue weighted by molar-refractivity contribution is 5.03. The van der Waals surface area contributed by atoms with E-state index in [2.05, 4.69) is 10.2 Å². The molecule has 1 saturated carbocycles. The minimum atomic E-state index is -0.425. The van der Waals surface area contributed by atoms with E-state index in [1.807, 2.05) is 0 Å². The highest BCUT2D eigenvalue weighted by Gasteiger charge is 2.49. The summed E-state index contributed by atoms with van der Waals surface area (Å²) in [7, 11) is 0. The Morgan fingerprint density at radius 3 is 2.50 bits per heavy atom. The Bertz CT molecular complexity index is 223. The van der Waals surface area contributed by atoms with Crippen LogP contribution >= 0.6 is 0 Å². The van der Waals surface area contributed by atoms with Crippen LogP contribution < -0.4 is 5.32 Å². The van der Waals surface area contributed by atoms with Crippen LogP contribution in [0.25, 0.3) is 0 Å². The van der Waals surface area contributed by atoms with Crippen molar-refractivity contribution in [2.45, 2.75) is 31.3 Å². The van der Waals surface area contributed by atoms with Crippen LogP contribution in [0.5, 0.6) is 0 Å². The van der Waals surface area contributed by atoms with Gasteiger partial charge < -0.3 is 10.4 Å². The van der Waals surface area contributed by atoms with Gasteiger partial charge in [0.25, 0.3) is 0 Å². The molecule has 1 aliphatic carbocycles. The van der Waals surface area contributed by atoms with Crippen molar-refractivity contribution in [1.82, 2.24) is 10.2 Å². The lowest BCUT2D eigenvalue weighted by molar-refractivity contribution is -0.0957. The van der Waals surface area contributed by atoms with Gasteiger partial charge in [-0.2, -0.15) is 0 Å². The van der Waals surface area contributed by atoms with Crippen molar-refractivity contribution in [2.24, 2.45) is 5.41 Å². The first-order chi connectivity index (χ1) is 6.70. The third kappa shape index (κ3) is 1.38. The van der Waals surface area contributed by atoms with Crippen LogP contribution in [0, 0.1) is 5.41 Å². The van der Waals surface area contributed by atoms with E-state index >= 15 is 0 Å². The summed E-state index contributed by atoms with van der Waals surface area (Å²) in [5.74, 6) is 0. The summed E-state index contributed by atoms with van der Waals surface area (Å²) in [6, 6.07) is 0. The van der Waals surface area contributed by atoms with Crippen LogP contribution in [-0.4, -0.2) is 48.3 Å². The molecule has 1 spiro atoms. The first-order valence-corrected chi connectivity index (χ1v) is 5.85. The van der Waals surface area contributed by atoms with Gasteiger partial charge in [-0.15, -0.1) is 0 Å². The molecule has 0 bridgehead atoms. The number of hydrogen-bond donors (Lipinski definition) is 2. The second-order valence-electron chi connectivity index (χ2n) is 5.65. The predicted molar refractivity (Wildman–Crippen MR) is 55.2 cm³/mol. The summed E-state index contributed by atoms with van der Waals surface area (Å²) < 4.78 is 0. The smallest absolute Gasteiger partial charge is 0.0909 e. The van der Waals surface area contributed by atoms with Crippen LogP contribution in [0.4, 0.5) is 0 Å². The molecule has 0 radical (unpaired) electrons. The van der Waals surface area contributed by atoms with Crippen molar-refractivity contribution in [2.75, 3.05) is 32.7 Å². The van der Waals surface area contributed by atoms with E-state index in [0.29, 0.717) is 5.41 Å². The summed E-state index contributed by atoms with van der Waals surface area (Å²) in [5, 5.41) is 13.4. The van der Waals surface area contributed by atoms with Crippen molar-refractivity contribution in [3.05, 3.63) is 0 Å². The van der Waals surface area contributed by atoms with E-state index in [1.165, 1.54) is 32.4 Å². The molecule has 1 unspecified atom stereocenters. The van der Waals surface area contributed by atoms with Gasteiger partial charge in [-0.1, -0.05) is 6.42 Å². The average molecular weight is 196 g/mol. The molecule has 3 aliphatic rings. The number of β-amino-alcohol motifs (C(OH)–C–C–N with tert-alkyl or cyclic N) is 1. The number of nitrogens with zero attached hydrogens (tertiary/aromatic N) is 1. The Balaban J connectivity index is 1.50. The molecule has 3 nitrogen and oxygen atoms in total. The molecule has 0 aromatic rings. The van der Waals surface area contributed by atoms with Crippen molar-refractivity contribution < 1.29 is 5.11 Å². The van der Waals surface area contributed by atoms with Crippen molar-refractivity contribution >= 4 is 0 Å². The molecule has 3 heteroatoms. The van der Waals surface area contributed by atoms with Crippen molar-refractivity contribution in [3.63, 3.8) is 0 Å². The van der Waals surface area contributed by atoms with Crippen LogP contribution in [0.2, 0.25) is 0 Å². The van der Waals surface area contributed by atoms with Gasteiger partial charge in [0.2, 0.25) is 0 Å². The Kier molecular flexibility index (Phi) is 1.92. The van der Waals surface area contributed by atoms with E-state index in [4.69, 9.17) is 0 Å². The molecular weight excluding hydrogens is 176 g/mol. The van der Waals surface area contributed by atoms with E-state index in [0.717, 1.165) is 26.1 Å². The van der Waals surface area contributed by atoms with Gasteiger partial charge in [-0.25, -0.2) is 0 Å². The van der Waals surface area contributed by atoms with E-state index in [9.17, 15) is 5.11 Å². The molecule has 3 fully saturated rings. The zero-order valence-electron chi connectivity index (χ0n) is 8.76. The number of aliphatic hydroxyl groups is 1. The maximum atomic E-state index is 10.2. The van der Waals surface area contributed by atoms with Gasteiger partial charge in [-0.3, -0.25) is 4.90 Å². The fraction of sp³-hybridized carbons (Fsp3) is 1.00. The lowest BCUT2D eigenvalue weighted by Gasteiger charge is -2.57. The Morgan fingerprint density at radius 1 is 1.21 bits per heavy atom. The van der Waals surface area contributed by atoms with Crippen LogP contribution in [0.3, 0.4) is 0 Å². The quantitative estimate of drug-likeness (QED) is 0.662. The lowest BCUT2D eigenvalue weighted by atomic mass is 9.63. The first-order valence-electron chi connectivity index (χ1n) is 5.85. The van der Waals surface area contributed by atoms with Gasteiger partial charge >= 0.3 is 0 Å². The Labute approximate surface area is 85.5 Å². The molecule has 0 amide bonds. The number of hydrogen-bond acceptors (Lipinski definition) is 3. The molecular formula is C11H20N2O. The van der Waals surface area contributed by atoms with E-state index in [1.54, 1.807) is 0 Å². The molecule has 80 valence electrons. The van der Waals surface area contributed by atoms with Gasteiger partial charge in [0.05, 0.1) is 5.60 Å². The molecule has 1 atom stereocenters. The molecule has 14 heavy (non-hydrogen) atoms. The van der Waals surface area contributed by atoms with Gasteiger partial charge in [0, 0.05) is 26.2 Å². The molecule has 2 saturated heterocycles. The maximum absolute atomic E-state index is 10.2. The fourth-order valence-electron chi connectivity index (χ4n) is 3.29. The number of nitrogens with one attached hydrogen (secondary N) is 1. The topological polar surface area (TPSA) is 35.5 Å². The minimum absolute atomic E-state index is 0.425. The lowest BCUT2D eigenvalue weighted by Crippen LogP contribution is -2.63. The summed E-state index contributed by atoms with van der Waals surface area (Å²) >= 11 is 0. The average Bonchev–Trinajstić information content (AvgIpc) is 2.40. The summed E-state index contributed by atoms with van der Waals surface area (Å²) in [6.07, 6.45) is 5.22.